The number of benzene rings is 2. The number of rotatable bonds is 6. The van der Waals surface area contributed by atoms with Crippen molar-refractivity contribution in [3.63, 3.8) is 0 Å². The van der Waals surface area contributed by atoms with Crippen LogP contribution in [0.15, 0.2) is 47.4 Å². The SMILES string of the molecule is COc1c(Cl)cccc1NC(=O)c1cccc(S(=O)(=O)NC(C)C)c1. The van der Waals surface area contributed by atoms with Gasteiger partial charge in [-0.15, -0.1) is 0 Å². The van der Waals surface area contributed by atoms with E-state index in [4.69, 9.17) is 16.3 Å². The Morgan fingerprint density at radius 1 is 1.16 bits per heavy atom. The van der Waals surface area contributed by atoms with Crippen LogP contribution in [0.1, 0.15) is 24.2 Å². The van der Waals surface area contributed by atoms with E-state index in [1.54, 1.807) is 32.0 Å². The second kappa shape index (κ2) is 7.86. The van der Waals surface area contributed by atoms with E-state index < -0.39 is 15.9 Å². The molecule has 25 heavy (non-hydrogen) atoms. The molecule has 0 fully saturated rings. The molecule has 0 radical (unpaired) electrons. The van der Waals surface area contributed by atoms with Gasteiger partial charge in [-0.05, 0) is 44.2 Å². The van der Waals surface area contributed by atoms with Crippen molar-refractivity contribution in [2.24, 2.45) is 0 Å². The molecule has 0 aliphatic rings. The molecule has 0 saturated heterocycles. The van der Waals surface area contributed by atoms with Gasteiger partial charge in [0.15, 0.2) is 5.75 Å². The number of hydrogen-bond acceptors (Lipinski definition) is 4. The molecule has 2 N–H and O–H groups in total. The summed E-state index contributed by atoms with van der Waals surface area (Å²) in [6.45, 7) is 3.44. The van der Waals surface area contributed by atoms with Crippen molar-refractivity contribution < 1.29 is 17.9 Å². The summed E-state index contributed by atoms with van der Waals surface area (Å²) in [4.78, 5) is 12.5. The maximum atomic E-state index is 12.5. The monoisotopic (exact) mass is 382 g/mol. The molecule has 0 unspecified atom stereocenters. The lowest BCUT2D eigenvalue weighted by molar-refractivity contribution is 0.102. The highest BCUT2D eigenvalue weighted by atomic mass is 35.5. The lowest BCUT2D eigenvalue weighted by Gasteiger charge is -2.13. The third-order valence-electron chi connectivity index (χ3n) is 3.22. The van der Waals surface area contributed by atoms with E-state index in [1.807, 2.05) is 0 Å². The average molecular weight is 383 g/mol. The van der Waals surface area contributed by atoms with Crippen molar-refractivity contribution in [2.75, 3.05) is 12.4 Å². The van der Waals surface area contributed by atoms with Crippen LogP contribution in [-0.4, -0.2) is 27.5 Å². The van der Waals surface area contributed by atoms with Gasteiger partial charge in [0.1, 0.15) is 0 Å². The van der Waals surface area contributed by atoms with Crippen LogP contribution in [0.3, 0.4) is 0 Å². The highest BCUT2D eigenvalue weighted by Gasteiger charge is 2.18. The molecule has 0 atom stereocenters. The molecule has 0 bridgehead atoms. The Balaban J connectivity index is 2.30. The normalized spacial score (nSPS) is 11.4. The maximum Gasteiger partial charge on any atom is 0.255 e. The Hall–Kier alpha value is -2.09. The lowest BCUT2D eigenvalue weighted by Crippen LogP contribution is -2.30. The van der Waals surface area contributed by atoms with E-state index in [1.165, 1.54) is 31.4 Å². The molecule has 0 spiro atoms. The number of para-hydroxylation sites is 1. The van der Waals surface area contributed by atoms with Gasteiger partial charge in [0, 0.05) is 11.6 Å². The fourth-order valence-electron chi connectivity index (χ4n) is 2.19. The van der Waals surface area contributed by atoms with E-state index in [9.17, 15) is 13.2 Å². The minimum absolute atomic E-state index is 0.0203. The van der Waals surface area contributed by atoms with Crippen LogP contribution in [0.25, 0.3) is 0 Å². The zero-order valence-electron chi connectivity index (χ0n) is 14.0. The van der Waals surface area contributed by atoms with Crippen molar-refractivity contribution in [2.45, 2.75) is 24.8 Å². The second-order valence-corrected chi connectivity index (χ2v) is 7.70. The number of carbonyl (C=O) groups excluding carboxylic acids is 1. The van der Waals surface area contributed by atoms with Gasteiger partial charge in [-0.2, -0.15) is 0 Å². The minimum Gasteiger partial charge on any atom is -0.493 e. The largest absolute Gasteiger partial charge is 0.493 e. The fourth-order valence-corrected chi connectivity index (χ4v) is 3.74. The molecule has 0 aliphatic carbocycles. The van der Waals surface area contributed by atoms with Crippen LogP contribution in [0.4, 0.5) is 5.69 Å². The highest BCUT2D eigenvalue weighted by Crippen LogP contribution is 2.32. The summed E-state index contributed by atoms with van der Waals surface area (Å²) in [5.74, 6) is -0.134. The Bertz CT molecular complexity index is 882. The number of nitrogens with one attached hydrogen (secondary N) is 2. The summed E-state index contributed by atoms with van der Waals surface area (Å²) in [6, 6.07) is 10.5. The first-order valence-electron chi connectivity index (χ1n) is 7.51. The molecule has 6 nitrogen and oxygen atoms in total. The summed E-state index contributed by atoms with van der Waals surface area (Å²) in [5, 5.41) is 3.03. The summed E-state index contributed by atoms with van der Waals surface area (Å²) < 4.78 is 32.1. The molecule has 8 heteroatoms. The maximum absolute atomic E-state index is 12.5. The molecule has 1 amide bonds. The number of halogens is 1. The number of carbonyl (C=O) groups is 1. The van der Waals surface area contributed by atoms with Gasteiger partial charge < -0.3 is 10.1 Å². The van der Waals surface area contributed by atoms with Crippen molar-refractivity contribution >= 4 is 33.2 Å². The standard InChI is InChI=1S/C17H19ClN2O4S/c1-11(2)20-25(22,23)13-7-4-6-12(10-13)17(21)19-15-9-5-8-14(18)16(15)24-3/h4-11,20H,1-3H3,(H,19,21). The number of amides is 1. The molecule has 0 aliphatic heterocycles. The van der Waals surface area contributed by atoms with E-state index >= 15 is 0 Å². The van der Waals surface area contributed by atoms with Gasteiger partial charge in [0.05, 0.1) is 22.7 Å². The topological polar surface area (TPSA) is 84.5 Å². The Morgan fingerprint density at radius 3 is 2.48 bits per heavy atom. The van der Waals surface area contributed by atoms with Crippen molar-refractivity contribution in [1.82, 2.24) is 4.72 Å². The number of anilines is 1. The first-order valence-corrected chi connectivity index (χ1v) is 9.37. The number of methoxy groups -OCH3 is 1. The molecule has 2 rings (SSSR count). The zero-order chi connectivity index (χ0) is 18.6. The summed E-state index contributed by atoms with van der Waals surface area (Å²) in [7, 11) is -2.24. The first kappa shape index (κ1) is 19.2. The second-order valence-electron chi connectivity index (χ2n) is 5.58. The predicted molar refractivity (Wildman–Crippen MR) is 97.9 cm³/mol. The molecular weight excluding hydrogens is 364 g/mol. The Morgan fingerprint density at radius 2 is 1.84 bits per heavy atom. The van der Waals surface area contributed by atoms with Gasteiger partial charge in [0.2, 0.25) is 10.0 Å². The van der Waals surface area contributed by atoms with Crippen LogP contribution in [0.2, 0.25) is 5.02 Å². The van der Waals surface area contributed by atoms with Crippen LogP contribution in [0.5, 0.6) is 5.75 Å². The van der Waals surface area contributed by atoms with Crippen molar-refractivity contribution in [3.05, 3.63) is 53.1 Å². The fraction of sp³-hybridized carbons (Fsp3) is 0.235. The van der Waals surface area contributed by atoms with E-state index in [0.29, 0.717) is 16.5 Å². The highest BCUT2D eigenvalue weighted by molar-refractivity contribution is 7.89. The summed E-state index contributed by atoms with van der Waals surface area (Å²) in [6.07, 6.45) is 0. The van der Waals surface area contributed by atoms with Crippen molar-refractivity contribution in [1.29, 1.82) is 0 Å². The first-order chi connectivity index (χ1) is 11.7. The molecule has 2 aromatic carbocycles. The van der Waals surface area contributed by atoms with Gasteiger partial charge in [-0.1, -0.05) is 23.7 Å². The van der Waals surface area contributed by atoms with Crippen LogP contribution in [0, 0.1) is 0 Å². The summed E-state index contributed by atoms with van der Waals surface area (Å²) >= 11 is 6.03. The van der Waals surface area contributed by atoms with Gasteiger partial charge in [-0.25, -0.2) is 13.1 Å². The summed E-state index contributed by atoms with van der Waals surface area (Å²) in [5.41, 5.74) is 0.599. The minimum atomic E-state index is -3.68. The third-order valence-corrected chi connectivity index (χ3v) is 5.17. The molecule has 134 valence electrons. The molecule has 2 aromatic rings. The Labute approximate surface area is 152 Å². The molecule has 0 saturated carbocycles. The van der Waals surface area contributed by atoms with E-state index in [-0.39, 0.29) is 16.5 Å². The number of ether oxygens (including phenoxy) is 1. The molecule has 0 aromatic heterocycles. The smallest absolute Gasteiger partial charge is 0.255 e. The van der Waals surface area contributed by atoms with Crippen LogP contribution in [-0.2, 0) is 10.0 Å². The average Bonchev–Trinajstić information content (AvgIpc) is 2.54. The zero-order valence-corrected chi connectivity index (χ0v) is 15.6. The van der Waals surface area contributed by atoms with E-state index in [0.717, 1.165) is 0 Å². The lowest BCUT2D eigenvalue weighted by atomic mass is 10.2. The van der Waals surface area contributed by atoms with Gasteiger partial charge in [-0.3, -0.25) is 4.79 Å². The van der Waals surface area contributed by atoms with Gasteiger partial charge >= 0.3 is 0 Å². The third kappa shape index (κ3) is 4.72. The number of hydrogen-bond donors (Lipinski definition) is 2. The Kier molecular flexibility index (Phi) is 6.05. The molecule has 0 heterocycles. The van der Waals surface area contributed by atoms with E-state index in [2.05, 4.69) is 10.0 Å². The van der Waals surface area contributed by atoms with Gasteiger partial charge in [0.25, 0.3) is 5.91 Å². The predicted octanol–water partition coefficient (Wildman–Crippen LogP) is 3.29. The van der Waals surface area contributed by atoms with Crippen molar-refractivity contribution in [3.8, 4) is 5.75 Å². The van der Waals surface area contributed by atoms with Crippen LogP contribution < -0.4 is 14.8 Å². The number of sulfonamides is 1. The quantitative estimate of drug-likeness (QED) is 0.802. The van der Waals surface area contributed by atoms with Crippen LogP contribution >= 0.6 is 11.6 Å². The molecular formula is C17H19ClN2O4S.